The van der Waals surface area contributed by atoms with E-state index in [1.807, 2.05) is 66.9 Å². The van der Waals surface area contributed by atoms with Gasteiger partial charge in [0, 0.05) is 0 Å². The van der Waals surface area contributed by atoms with E-state index in [2.05, 4.69) is 15.4 Å². The van der Waals surface area contributed by atoms with Gasteiger partial charge in [-0.2, -0.15) is 4.98 Å². The van der Waals surface area contributed by atoms with Gasteiger partial charge >= 0.3 is 5.97 Å². The number of thiophene rings is 1. The Morgan fingerprint density at radius 1 is 0.971 bits per heavy atom. The van der Waals surface area contributed by atoms with Crippen molar-refractivity contribution in [1.29, 1.82) is 0 Å². The minimum absolute atomic E-state index is 0.121. The van der Waals surface area contributed by atoms with Crippen LogP contribution in [0.15, 0.2) is 72.1 Å². The number of carbonyl (C=O) groups excluding carboxylic acids is 2. The number of amides is 1. The molecule has 1 amide bonds. The Kier molecular flexibility index (Phi) is 8.08. The predicted octanol–water partition coefficient (Wildman–Crippen LogP) is 3.75. The van der Waals surface area contributed by atoms with Gasteiger partial charge in [-0.15, -0.1) is 16.4 Å². The Hall–Kier alpha value is -4.18. The molecule has 0 radical (unpaired) electrons. The van der Waals surface area contributed by atoms with E-state index in [1.165, 1.54) is 11.3 Å². The molecule has 4 aromatic rings. The van der Waals surface area contributed by atoms with Gasteiger partial charge in [-0.1, -0.05) is 24.3 Å². The van der Waals surface area contributed by atoms with Crippen molar-refractivity contribution in [3.05, 3.63) is 77.9 Å². The summed E-state index contributed by atoms with van der Waals surface area (Å²) in [7, 11) is 0. The quantitative estimate of drug-likeness (QED) is 0.251. The molecule has 4 rings (SSSR count). The Labute approximate surface area is 206 Å². The van der Waals surface area contributed by atoms with Crippen molar-refractivity contribution >= 4 is 23.2 Å². The van der Waals surface area contributed by atoms with Gasteiger partial charge in [0.2, 0.25) is 0 Å². The molecular weight excluding hydrogens is 468 g/mol. The van der Waals surface area contributed by atoms with Gasteiger partial charge in [0.1, 0.15) is 18.1 Å². The maximum Gasteiger partial charge on any atom is 0.378 e. The first-order chi connectivity index (χ1) is 17.1. The zero-order chi connectivity index (χ0) is 24.5. The van der Waals surface area contributed by atoms with Crippen molar-refractivity contribution in [2.75, 3.05) is 26.4 Å². The molecule has 0 aliphatic carbocycles. The molecule has 0 unspecified atom stereocenters. The standard InChI is InChI=1S/C25H24N4O5S/c1-2-32-19-10-12-20(13-11-19)33-15-14-26-22(30)17-34-25(31)23-27-24(21-9-6-16-35-21)29(28-23)18-7-4-3-5-8-18/h3-13,16H,2,14-15,17H2,1H3,(H,26,30). The average molecular weight is 493 g/mol. The van der Waals surface area contributed by atoms with Crippen LogP contribution in [0.2, 0.25) is 0 Å². The number of hydrogen-bond donors (Lipinski definition) is 1. The van der Waals surface area contributed by atoms with Crippen molar-refractivity contribution in [2.24, 2.45) is 0 Å². The monoisotopic (exact) mass is 492 g/mol. The zero-order valence-electron chi connectivity index (χ0n) is 19.0. The number of ether oxygens (including phenoxy) is 3. The highest BCUT2D eigenvalue weighted by Crippen LogP contribution is 2.25. The van der Waals surface area contributed by atoms with Crippen molar-refractivity contribution in [3.63, 3.8) is 0 Å². The lowest BCUT2D eigenvalue weighted by Gasteiger charge is -2.09. The van der Waals surface area contributed by atoms with Gasteiger partial charge in [-0.25, -0.2) is 9.48 Å². The van der Waals surface area contributed by atoms with Crippen LogP contribution in [-0.2, 0) is 9.53 Å². The predicted molar refractivity (Wildman–Crippen MR) is 131 cm³/mol. The number of benzene rings is 2. The fourth-order valence-corrected chi connectivity index (χ4v) is 3.82. The normalized spacial score (nSPS) is 10.5. The summed E-state index contributed by atoms with van der Waals surface area (Å²) in [5, 5.41) is 8.88. The molecule has 0 aliphatic rings. The average Bonchev–Trinajstić information content (AvgIpc) is 3.57. The second-order valence-electron chi connectivity index (χ2n) is 7.16. The van der Waals surface area contributed by atoms with Crippen LogP contribution in [0, 0.1) is 0 Å². The lowest BCUT2D eigenvalue weighted by atomic mass is 10.3. The van der Waals surface area contributed by atoms with E-state index in [4.69, 9.17) is 14.2 Å². The highest BCUT2D eigenvalue weighted by Gasteiger charge is 2.21. The third-order valence-electron chi connectivity index (χ3n) is 4.69. The van der Waals surface area contributed by atoms with Crippen molar-refractivity contribution in [3.8, 4) is 27.9 Å². The summed E-state index contributed by atoms with van der Waals surface area (Å²) in [6.45, 7) is 2.59. The van der Waals surface area contributed by atoms with E-state index in [9.17, 15) is 9.59 Å². The van der Waals surface area contributed by atoms with E-state index < -0.39 is 18.5 Å². The highest BCUT2D eigenvalue weighted by atomic mass is 32.1. The summed E-state index contributed by atoms with van der Waals surface area (Å²) >= 11 is 1.48. The summed E-state index contributed by atoms with van der Waals surface area (Å²) in [6.07, 6.45) is 0. The van der Waals surface area contributed by atoms with E-state index in [1.54, 1.807) is 16.8 Å². The fourth-order valence-electron chi connectivity index (χ4n) is 3.12. The second kappa shape index (κ2) is 11.8. The van der Waals surface area contributed by atoms with E-state index in [0.29, 0.717) is 18.2 Å². The minimum Gasteiger partial charge on any atom is -0.494 e. The molecule has 9 nitrogen and oxygen atoms in total. The summed E-state index contributed by atoms with van der Waals surface area (Å²) in [4.78, 5) is 29.8. The summed E-state index contributed by atoms with van der Waals surface area (Å²) in [5.74, 6) is 0.599. The Bertz CT molecular complexity index is 1240. The van der Waals surface area contributed by atoms with E-state index in [0.717, 1.165) is 16.3 Å². The minimum atomic E-state index is -0.779. The van der Waals surface area contributed by atoms with Gasteiger partial charge in [0.25, 0.3) is 11.7 Å². The number of rotatable bonds is 11. The largest absolute Gasteiger partial charge is 0.494 e. The molecule has 0 fully saturated rings. The SMILES string of the molecule is CCOc1ccc(OCCNC(=O)COC(=O)c2nc(-c3cccs3)n(-c3ccccc3)n2)cc1. The van der Waals surface area contributed by atoms with Crippen LogP contribution in [0.4, 0.5) is 0 Å². The lowest BCUT2D eigenvalue weighted by Crippen LogP contribution is -2.32. The molecule has 2 aromatic carbocycles. The maximum atomic E-state index is 12.5. The molecule has 180 valence electrons. The first-order valence-corrected chi connectivity index (χ1v) is 11.9. The molecule has 35 heavy (non-hydrogen) atoms. The third kappa shape index (κ3) is 6.45. The number of aromatic nitrogens is 3. The van der Waals surface area contributed by atoms with Gasteiger partial charge < -0.3 is 19.5 Å². The fraction of sp³-hybridized carbons (Fsp3) is 0.200. The first kappa shape index (κ1) is 24.0. The van der Waals surface area contributed by atoms with Crippen LogP contribution in [0.3, 0.4) is 0 Å². The van der Waals surface area contributed by atoms with Gasteiger partial charge in [-0.3, -0.25) is 4.79 Å². The van der Waals surface area contributed by atoms with Crippen molar-refractivity contribution in [2.45, 2.75) is 6.92 Å². The lowest BCUT2D eigenvalue weighted by molar-refractivity contribution is -0.124. The molecule has 10 heteroatoms. The second-order valence-corrected chi connectivity index (χ2v) is 8.11. The van der Waals surface area contributed by atoms with E-state index in [-0.39, 0.29) is 19.0 Å². The van der Waals surface area contributed by atoms with Gasteiger partial charge in [0.05, 0.1) is 23.7 Å². The molecule has 0 aliphatic heterocycles. The molecular formula is C25H24N4O5S. The first-order valence-electron chi connectivity index (χ1n) is 11.0. The van der Waals surface area contributed by atoms with Crippen molar-refractivity contribution < 1.29 is 23.8 Å². The van der Waals surface area contributed by atoms with Crippen LogP contribution in [0.1, 0.15) is 17.5 Å². The molecule has 2 aromatic heterocycles. The molecule has 0 bridgehead atoms. The Morgan fingerprint density at radius 3 is 2.40 bits per heavy atom. The molecule has 0 saturated heterocycles. The van der Waals surface area contributed by atoms with Crippen LogP contribution in [0.25, 0.3) is 16.4 Å². The molecule has 1 N–H and O–H groups in total. The summed E-state index contributed by atoms with van der Waals surface area (Å²) in [5.41, 5.74) is 0.757. The molecule has 0 spiro atoms. The molecule has 2 heterocycles. The van der Waals surface area contributed by atoms with Crippen molar-refractivity contribution in [1.82, 2.24) is 20.1 Å². The highest BCUT2D eigenvalue weighted by molar-refractivity contribution is 7.13. The maximum absolute atomic E-state index is 12.5. The zero-order valence-corrected chi connectivity index (χ0v) is 19.9. The van der Waals surface area contributed by atoms with Gasteiger partial charge in [-0.05, 0) is 54.8 Å². The van der Waals surface area contributed by atoms with Crippen LogP contribution >= 0.6 is 11.3 Å². The third-order valence-corrected chi connectivity index (χ3v) is 5.56. The Morgan fingerprint density at radius 2 is 1.71 bits per heavy atom. The topological polar surface area (TPSA) is 105 Å². The molecule has 0 saturated carbocycles. The van der Waals surface area contributed by atoms with Gasteiger partial charge in [0.15, 0.2) is 12.4 Å². The summed E-state index contributed by atoms with van der Waals surface area (Å²) in [6, 6.07) is 20.4. The number of nitrogens with one attached hydrogen (secondary N) is 1. The number of hydrogen-bond acceptors (Lipinski definition) is 8. The molecule has 0 atom stereocenters. The smallest absolute Gasteiger partial charge is 0.378 e. The summed E-state index contributed by atoms with van der Waals surface area (Å²) < 4.78 is 17.7. The van der Waals surface area contributed by atoms with Crippen LogP contribution in [-0.4, -0.2) is 53.0 Å². The Balaban J connectivity index is 1.28. The van der Waals surface area contributed by atoms with Crippen LogP contribution < -0.4 is 14.8 Å². The number of carbonyl (C=O) groups is 2. The van der Waals surface area contributed by atoms with Crippen LogP contribution in [0.5, 0.6) is 11.5 Å². The number of para-hydroxylation sites is 1. The number of esters is 1. The van der Waals surface area contributed by atoms with E-state index >= 15 is 0 Å². The number of nitrogens with zero attached hydrogens (tertiary/aromatic N) is 3.